The van der Waals surface area contributed by atoms with Gasteiger partial charge in [0.05, 0.1) is 0 Å². The summed E-state index contributed by atoms with van der Waals surface area (Å²) in [4.78, 5) is 4.04. The average Bonchev–Trinajstić information content (AvgIpc) is 2.35. The van der Waals surface area contributed by atoms with Crippen molar-refractivity contribution in [1.29, 1.82) is 0 Å². The maximum absolute atomic E-state index is 5.89. The van der Waals surface area contributed by atoms with Crippen LogP contribution in [0.4, 0.5) is 0 Å². The van der Waals surface area contributed by atoms with Gasteiger partial charge in [-0.1, -0.05) is 12.1 Å². The van der Waals surface area contributed by atoms with Crippen molar-refractivity contribution < 1.29 is 4.74 Å². The lowest BCUT2D eigenvalue weighted by Crippen LogP contribution is -1.98. The van der Waals surface area contributed by atoms with Gasteiger partial charge < -0.3 is 10.5 Å². The smallest absolute Gasteiger partial charge is 0.133 e. The molecule has 88 valence electrons. The largest absolute Gasteiger partial charge is 0.457 e. The summed E-state index contributed by atoms with van der Waals surface area (Å²) >= 11 is 0. The van der Waals surface area contributed by atoms with Crippen LogP contribution in [0.2, 0.25) is 0 Å². The minimum absolute atomic E-state index is 0.520. The Morgan fingerprint density at radius 1 is 1.12 bits per heavy atom. The first kappa shape index (κ1) is 11.6. The number of pyridine rings is 1. The number of aryl methyl sites for hydroxylation is 2. The van der Waals surface area contributed by atoms with E-state index in [0.717, 1.165) is 28.2 Å². The number of aromatic nitrogens is 1. The maximum atomic E-state index is 5.89. The van der Waals surface area contributed by atoms with Crippen molar-refractivity contribution in [2.75, 3.05) is 0 Å². The first-order chi connectivity index (χ1) is 8.20. The second kappa shape index (κ2) is 4.97. The van der Waals surface area contributed by atoms with Crippen molar-refractivity contribution in [3.63, 3.8) is 0 Å². The van der Waals surface area contributed by atoms with Gasteiger partial charge in [-0.25, -0.2) is 0 Å². The summed E-state index contributed by atoms with van der Waals surface area (Å²) < 4.78 is 5.89. The third-order valence-corrected chi connectivity index (χ3v) is 2.68. The molecule has 0 bridgehead atoms. The number of nitrogens with zero attached hydrogens (tertiary/aromatic N) is 1. The van der Waals surface area contributed by atoms with Gasteiger partial charge in [-0.15, -0.1) is 0 Å². The predicted molar refractivity (Wildman–Crippen MR) is 68.1 cm³/mol. The summed E-state index contributed by atoms with van der Waals surface area (Å²) in [6.45, 7) is 4.52. The second-order valence-electron chi connectivity index (χ2n) is 4.05. The fourth-order valence-electron chi connectivity index (χ4n) is 1.58. The first-order valence-electron chi connectivity index (χ1n) is 5.59. The molecule has 3 nitrogen and oxygen atoms in total. The van der Waals surface area contributed by atoms with Crippen molar-refractivity contribution >= 4 is 0 Å². The fraction of sp³-hybridized carbons (Fsp3) is 0.214. The topological polar surface area (TPSA) is 48.1 Å². The summed E-state index contributed by atoms with van der Waals surface area (Å²) in [5, 5.41) is 0. The Morgan fingerprint density at radius 2 is 1.94 bits per heavy atom. The van der Waals surface area contributed by atoms with Crippen LogP contribution in [0.15, 0.2) is 36.7 Å². The van der Waals surface area contributed by atoms with Crippen molar-refractivity contribution in [2.45, 2.75) is 20.4 Å². The molecule has 0 radical (unpaired) electrons. The van der Waals surface area contributed by atoms with Gasteiger partial charge in [-0.2, -0.15) is 0 Å². The van der Waals surface area contributed by atoms with Crippen LogP contribution in [0.5, 0.6) is 11.5 Å². The maximum Gasteiger partial charge on any atom is 0.133 e. The lowest BCUT2D eigenvalue weighted by Gasteiger charge is -2.11. The Labute approximate surface area is 101 Å². The number of rotatable bonds is 3. The van der Waals surface area contributed by atoms with E-state index in [1.807, 2.05) is 38.1 Å². The van der Waals surface area contributed by atoms with Gasteiger partial charge in [0.2, 0.25) is 0 Å². The summed E-state index contributed by atoms with van der Waals surface area (Å²) in [5.74, 6) is 1.68. The van der Waals surface area contributed by atoms with E-state index in [1.165, 1.54) is 0 Å². The van der Waals surface area contributed by atoms with E-state index < -0.39 is 0 Å². The molecule has 0 aliphatic rings. The minimum atomic E-state index is 0.520. The molecular weight excluding hydrogens is 212 g/mol. The van der Waals surface area contributed by atoms with Crippen LogP contribution in [0.1, 0.15) is 16.7 Å². The molecule has 0 saturated carbocycles. The van der Waals surface area contributed by atoms with Crippen LogP contribution in [-0.4, -0.2) is 4.98 Å². The summed E-state index contributed by atoms with van der Waals surface area (Å²) in [6, 6.07) is 7.88. The van der Waals surface area contributed by atoms with Crippen molar-refractivity contribution in [1.82, 2.24) is 4.98 Å². The van der Waals surface area contributed by atoms with Crippen molar-refractivity contribution in [3.05, 3.63) is 53.3 Å². The SMILES string of the molecule is Cc1cnccc1Oc1cc(CN)ccc1C. The zero-order chi connectivity index (χ0) is 12.3. The molecule has 0 atom stereocenters. The molecule has 17 heavy (non-hydrogen) atoms. The van der Waals surface area contributed by atoms with Crippen LogP contribution in [0, 0.1) is 13.8 Å². The van der Waals surface area contributed by atoms with Crippen LogP contribution in [0.3, 0.4) is 0 Å². The summed E-state index contributed by atoms with van der Waals surface area (Å²) in [6.07, 6.45) is 3.52. The normalized spacial score (nSPS) is 10.3. The molecule has 3 heteroatoms. The van der Waals surface area contributed by atoms with Crippen LogP contribution in [-0.2, 0) is 6.54 Å². The van der Waals surface area contributed by atoms with Gasteiger partial charge in [-0.05, 0) is 37.1 Å². The van der Waals surface area contributed by atoms with E-state index in [9.17, 15) is 0 Å². The van der Waals surface area contributed by atoms with Crippen LogP contribution >= 0.6 is 0 Å². The molecule has 1 aromatic heterocycles. The molecule has 0 amide bonds. The van der Waals surface area contributed by atoms with Gasteiger partial charge in [0.15, 0.2) is 0 Å². The van der Waals surface area contributed by atoms with Gasteiger partial charge in [-0.3, -0.25) is 4.98 Å². The molecule has 2 N–H and O–H groups in total. The quantitative estimate of drug-likeness (QED) is 0.878. The highest BCUT2D eigenvalue weighted by Gasteiger charge is 2.04. The lowest BCUT2D eigenvalue weighted by atomic mass is 10.1. The number of hydrogen-bond acceptors (Lipinski definition) is 3. The standard InChI is InChI=1S/C14H16N2O/c1-10-3-4-12(8-15)7-14(10)17-13-5-6-16-9-11(13)2/h3-7,9H,8,15H2,1-2H3. The zero-order valence-electron chi connectivity index (χ0n) is 10.1. The van der Waals surface area contributed by atoms with E-state index in [0.29, 0.717) is 6.54 Å². The third kappa shape index (κ3) is 2.63. The molecule has 0 fully saturated rings. The number of hydrogen-bond donors (Lipinski definition) is 1. The molecule has 0 aliphatic heterocycles. The average molecular weight is 228 g/mol. The first-order valence-corrected chi connectivity index (χ1v) is 5.59. The molecule has 0 spiro atoms. The number of benzene rings is 1. The number of nitrogens with two attached hydrogens (primary N) is 1. The Morgan fingerprint density at radius 3 is 2.65 bits per heavy atom. The molecule has 1 heterocycles. The summed E-state index contributed by atoms with van der Waals surface area (Å²) in [7, 11) is 0. The van der Waals surface area contributed by atoms with Gasteiger partial charge in [0.1, 0.15) is 11.5 Å². The van der Waals surface area contributed by atoms with Crippen molar-refractivity contribution in [3.8, 4) is 11.5 Å². The lowest BCUT2D eigenvalue weighted by molar-refractivity contribution is 0.473. The predicted octanol–water partition coefficient (Wildman–Crippen LogP) is 2.95. The molecule has 0 saturated heterocycles. The summed E-state index contributed by atoms with van der Waals surface area (Å²) in [5.41, 5.74) is 8.81. The van der Waals surface area contributed by atoms with E-state index in [4.69, 9.17) is 10.5 Å². The molecule has 0 unspecified atom stereocenters. The highest BCUT2D eigenvalue weighted by Crippen LogP contribution is 2.27. The zero-order valence-corrected chi connectivity index (χ0v) is 10.1. The Hall–Kier alpha value is -1.87. The molecule has 1 aromatic carbocycles. The van der Waals surface area contributed by atoms with E-state index in [2.05, 4.69) is 4.98 Å². The highest BCUT2D eigenvalue weighted by atomic mass is 16.5. The third-order valence-electron chi connectivity index (χ3n) is 2.68. The molecule has 2 aromatic rings. The number of ether oxygens (including phenoxy) is 1. The Bertz CT molecular complexity index is 523. The van der Waals surface area contributed by atoms with Crippen LogP contribution < -0.4 is 10.5 Å². The fourth-order valence-corrected chi connectivity index (χ4v) is 1.58. The van der Waals surface area contributed by atoms with Gasteiger partial charge >= 0.3 is 0 Å². The molecule has 2 rings (SSSR count). The van der Waals surface area contributed by atoms with E-state index >= 15 is 0 Å². The molecular formula is C14H16N2O. The highest BCUT2D eigenvalue weighted by molar-refractivity contribution is 5.41. The van der Waals surface area contributed by atoms with Crippen molar-refractivity contribution in [2.24, 2.45) is 5.73 Å². The second-order valence-corrected chi connectivity index (χ2v) is 4.05. The van der Waals surface area contributed by atoms with Gasteiger partial charge in [0, 0.05) is 24.5 Å². The van der Waals surface area contributed by atoms with Gasteiger partial charge in [0.25, 0.3) is 0 Å². The minimum Gasteiger partial charge on any atom is -0.457 e. The van der Waals surface area contributed by atoms with E-state index in [-0.39, 0.29) is 0 Å². The Kier molecular flexibility index (Phi) is 3.40. The van der Waals surface area contributed by atoms with E-state index in [1.54, 1.807) is 12.4 Å². The molecule has 0 aliphatic carbocycles. The monoisotopic (exact) mass is 228 g/mol. The van der Waals surface area contributed by atoms with Crippen LogP contribution in [0.25, 0.3) is 0 Å². The Balaban J connectivity index is 2.32.